The number of para-hydroxylation sites is 2. The number of hydrogen-bond acceptors (Lipinski definition) is 4. The Hall–Kier alpha value is -3.87. The van der Waals surface area contributed by atoms with Gasteiger partial charge in [-0.25, -0.2) is 4.79 Å². The summed E-state index contributed by atoms with van der Waals surface area (Å²) in [6.45, 7) is 2.22. The van der Waals surface area contributed by atoms with Crippen LogP contribution in [0, 0.1) is 6.92 Å². The van der Waals surface area contributed by atoms with E-state index in [0.717, 1.165) is 11.4 Å². The molecule has 3 N–H and O–H groups in total. The molecule has 0 atom stereocenters. The Balaban J connectivity index is 1.55. The van der Waals surface area contributed by atoms with Gasteiger partial charge < -0.3 is 20.7 Å². The van der Waals surface area contributed by atoms with Gasteiger partial charge in [-0.05, 0) is 55.5 Å². The summed E-state index contributed by atoms with van der Waals surface area (Å²) < 4.78 is 5.23. The van der Waals surface area contributed by atoms with Crippen LogP contribution in [0.5, 0.6) is 5.75 Å². The SMILES string of the molecule is COc1ccccc1NC(=O)c1ccc(NC(=O)NCc2cccc(C)n2)cc1. The van der Waals surface area contributed by atoms with Crippen LogP contribution in [0.3, 0.4) is 0 Å². The average molecular weight is 390 g/mol. The van der Waals surface area contributed by atoms with Gasteiger partial charge in [0.05, 0.1) is 25.0 Å². The van der Waals surface area contributed by atoms with Crippen molar-refractivity contribution in [3.8, 4) is 5.75 Å². The van der Waals surface area contributed by atoms with Crippen molar-refractivity contribution in [2.45, 2.75) is 13.5 Å². The summed E-state index contributed by atoms with van der Waals surface area (Å²) in [5, 5.41) is 8.29. The van der Waals surface area contributed by atoms with Gasteiger partial charge >= 0.3 is 6.03 Å². The van der Waals surface area contributed by atoms with Gasteiger partial charge in [-0.15, -0.1) is 0 Å². The lowest BCUT2D eigenvalue weighted by Gasteiger charge is -2.11. The number of anilines is 2. The molecule has 0 bridgehead atoms. The number of ether oxygens (including phenoxy) is 1. The molecule has 1 aromatic heterocycles. The van der Waals surface area contributed by atoms with Gasteiger partial charge in [0.1, 0.15) is 5.75 Å². The van der Waals surface area contributed by atoms with E-state index in [1.807, 2.05) is 37.3 Å². The predicted molar refractivity (Wildman–Crippen MR) is 112 cm³/mol. The maximum Gasteiger partial charge on any atom is 0.319 e. The van der Waals surface area contributed by atoms with Crippen LogP contribution in [-0.4, -0.2) is 24.0 Å². The Morgan fingerprint density at radius 3 is 2.41 bits per heavy atom. The van der Waals surface area contributed by atoms with Gasteiger partial charge in [0.2, 0.25) is 0 Å². The molecular formula is C22H22N4O3. The smallest absolute Gasteiger partial charge is 0.319 e. The van der Waals surface area contributed by atoms with Crippen molar-refractivity contribution < 1.29 is 14.3 Å². The zero-order valence-electron chi connectivity index (χ0n) is 16.2. The van der Waals surface area contributed by atoms with Crippen molar-refractivity contribution in [2.75, 3.05) is 17.7 Å². The standard InChI is InChI=1S/C22H22N4O3/c1-15-6-5-7-18(24-15)14-23-22(28)25-17-12-10-16(11-13-17)21(27)26-19-8-3-4-9-20(19)29-2/h3-13H,14H2,1-2H3,(H,26,27)(H2,23,25,28). The summed E-state index contributed by atoms with van der Waals surface area (Å²) in [5.41, 5.74) is 3.31. The van der Waals surface area contributed by atoms with E-state index in [2.05, 4.69) is 20.9 Å². The van der Waals surface area contributed by atoms with E-state index < -0.39 is 0 Å². The quantitative estimate of drug-likeness (QED) is 0.594. The number of benzene rings is 2. The summed E-state index contributed by atoms with van der Waals surface area (Å²) in [4.78, 5) is 28.8. The zero-order valence-corrected chi connectivity index (χ0v) is 16.2. The van der Waals surface area contributed by atoms with Crippen LogP contribution < -0.4 is 20.7 Å². The second-order valence-electron chi connectivity index (χ2n) is 6.31. The van der Waals surface area contributed by atoms with Gasteiger partial charge in [0.15, 0.2) is 0 Å². The number of carbonyl (C=O) groups excluding carboxylic acids is 2. The molecule has 0 unspecified atom stereocenters. The lowest BCUT2D eigenvalue weighted by molar-refractivity contribution is 0.102. The number of carbonyl (C=O) groups is 2. The van der Waals surface area contributed by atoms with E-state index in [1.54, 1.807) is 43.5 Å². The van der Waals surface area contributed by atoms with Gasteiger partial charge in [-0.1, -0.05) is 18.2 Å². The third kappa shape index (κ3) is 5.55. The molecule has 0 aliphatic heterocycles. The maximum atomic E-state index is 12.4. The summed E-state index contributed by atoms with van der Waals surface area (Å²) >= 11 is 0. The molecule has 7 nitrogen and oxygen atoms in total. The molecule has 3 amide bonds. The van der Waals surface area contributed by atoms with Crippen molar-refractivity contribution in [1.29, 1.82) is 0 Å². The van der Waals surface area contributed by atoms with Crippen LogP contribution in [0.2, 0.25) is 0 Å². The van der Waals surface area contributed by atoms with E-state index in [1.165, 1.54) is 0 Å². The van der Waals surface area contributed by atoms with Gasteiger partial charge in [-0.2, -0.15) is 0 Å². The fourth-order valence-corrected chi connectivity index (χ4v) is 2.69. The van der Waals surface area contributed by atoms with Gasteiger partial charge in [0, 0.05) is 16.9 Å². The largest absolute Gasteiger partial charge is 0.495 e. The topological polar surface area (TPSA) is 92.4 Å². The molecule has 3 aromatic rings. The van der Waals surface area contributed by atoms with Crippen LogP contribution in [0.15, 0.2) is 66.7 Å². The third-order valence-electron chi connectivity index (χ3n) is 4.14. The normalized spacial score (nSPS) is 10.1. The number of urea groups is 1. The molecule has 2 aromatic carbocycles. The summed E-state index contributed by atoms with van der Waals surface area (Å²) in [6.07, 6.45) is 0. The third-order valence-corrected chi connectivity index (χ3v) is 4.14. The Labute approximate surface area is 169 Å². The molecule has 0 aliphatic carbocycles. The Morgan fingerprint density at radius 1 is 0.931 bits per heavy atom. The Bertz CT molecular complexity index is 1000. The summed E-state index contributed by atoms with van der Waals surface area (Å²) in [5.74, 6) is 0.315. The molecule has 3 rings (SSSR count). The lowest BCUT2D eigenvalue weighted by Crippen LogP contribution is -2.28. The molecule has 0 radical (unpaired) electrons. The van der Waals surface area contributed by atoms with Crippen LogP contribution in [-0.2, 0) is 6.54 Å². The van der Waals surface area contributed by atoms with Gasteiger partial charge in [0.25, 0.3) is 5.91 Å². The number of hydrogen-bond donors (Lipinski definition) is 3. The minimum absolute atomic E-state index is 0.268. The monoisotopic (exact) mass is 390 g/mol. The highest BCUT2D eigenvalue weighted by Crippen LogP contribution is 2.23. The van der Waals surface area contributed by atoms with Crippen molar-refractivity contribution in [3.05, 3.63) is 83.7 Å². The first-order chi connectivity index (χ1) is 14.0. The van der Waals surface area contributed by atoms with Crippen LogP contribution in [0.4, 0.5) is 16.2 Å². The molecule has 0 saturated heterocycles. The van der Waals surface area contributed by atoms with E-state index in [0.29, 0.717) is 29.2 Å². The number of rotatable bonds is 6. The second-order valence-corrected chi connectivity index (χ2v) is 6.31. The molecule has 0 saturated carbocycles. The summed E-state index contributed by atoms with van der Waals surface area (Å²) in [6, 6.07) is 19.1. The van der Waals surface area contributed by atoms with E-state index in [9.17, 15) is 9.59 Å². The first-order valence-electron chi connectivity index (χ1n) is 9.07. The number of nitrogens with zero attached hydrogens (tertiary/aromatic N) is 1. The van der Waals surface area contributed by atoms with Gasteiger partial charge in [-0.3, -0.25) is 9.78 Å². The molecule has 29 heavy (non-hydrogen) atoms. The fourth-order valence-electron chi connectivity index (χ4n) is 2.69. The number of pyridine rings is 1. The highest BCUT2D eigenvalue weighted by Gasteiger charge is 2.10. The predicted octanol–water partition coefficient (Wildman–Crippen LogP) is 3.97. The first kappa shape index (κ1) is 19.9. The first-order valence-corrected chi connectivity index (χ1v) is 9.07. The number of amides is 3. The minimum Gasteiger partial charge on any atom is -0.495 e. The number of aryl methyl sites for hydroxylation is 1. The number of aromatic nitrogens is 1. The zero-order chi connectivity index (χ0) is 20.6. The molecule has 7 heteroatoms. The molecule has 0 spiro atoms. The van der Waals surface area contributed by atoms with Crippen LogP contribution in [0.25, 0.3) is 0 Å². The molecule has 148 valence electrons. The molecule has 0 fully saturated rings. The van der Waals surface area contributed by atoms with Crippen molar-refractivity contribution >= 4 is 23.3 Å². The Kier molecular flexibility index (Phi) is 6.42. The van der Waals surface area contributed by atoms with Crippen molar-refractivity contribution in [1.82, 2.24) is 10.3 Å². The minimum atomic E-state index is -0.348. The second kappa shape index (κ2) is 9.36. The number of nitrogens with one attached hydrogen (secondary N) is 3. The molecule has 0 aliphatic rings. The highest BCUT2D eigenvalue weighted by atomic mass is 16.5. The highest BCUT2D eigenvalue weighted by molar-refractivity contribution is 6.05. The molecular weight excluding hydrogens is 368 g/mol. The van der Waals surface area contributed by atoms with E-state index >= 15 is 0 Å². The van der Waals surface area contributed by atoms with Crippen molar-refractivity contribution in [3.63, 3.8) is 0 Å². The lowest BCUT2D eigenvalue weighted by atomic mass is 10.2. The van der Waals surface area contributed by atoms with Crippen LogP contribution >= 0.6 is 0 Å². The fraction of sp³-hybridized carbons (Fsp3) is 0.136. The maximum absolute atomic E-state index is 12.4. The Morgan fingerprint density at radius 2 is 1.69 bits per heavy atom. The van der Waals surface area contributed by atoms with Crippen LogP contribution in [0.1, 0.15) is 21.7 Å². The van der Waals surface area contributed by atoms with E-state index in [-0.39, 0.29) is 11.9 Å². The molecule has 1 heterocycles. The van der Waals surface area contributed by atoms with Crippen molar-refractivity contribution in [2.24, 2.45) is 0 Å². The number of methoxy groups -OCH3 is 1. The average Bonchev–Trinajstić information content (AvgIpc) is 2.73. The van der Waals surface area contributed by atoms with E-state index in [4.69, 9.17) is 4.74 Å². The summed E-state index contributed by atoms with van der Waals surface area (Å²) in [7, 11) is 1.55.